The number of carbonyl (C=O) groups is 1. The van der Waals surface area contributed by atoms with Gasteiger partial charge in [0.25, 0.3) is 11.5 Å². The minimum Gasteiger partial charge on any atom is -0.350 e. The van der Waals surface area contributed by atoms with Gasteiger partial charge in [-0.05, 0) is 31.0 Å². The molecule has 24 heavy (non-hydrogen) atoms. The van der Waals surface area contributed by atoms with Gasteiger partial charge in [-0.1, -0.05) is 18.9 Å². The lowest BCUT2D eigenvalue weighted by Gasteiger charge is -2.30. The third kappa shape index (κ3) is 3.06. The molecule has 1 aromatic heterocycles. The molecule has 0 spiro atoms. The van der Waals surface area contributed by atoms with E-state index in [1.807, 2.05) is 0 Å². The van der Waals surface area contributed by atoms with Crippen molar-refractivity contribution < 1.29 is 13.6 Å². The second-order valence-electron chi connectivity index (χ2n) is 6.07. The maximum absolute atomic E-state index is 14.2. The summed E-state index contributed by atoms with van der Waals surface area (Å²) in [5.74, 6) is -1.67. The van der Waals surface area contributed by atoms with Crippen molar-refractivity contribution in [2.45, 2.75) is 31.1 Å². The molecule has 0 aliphatic heterocycles. The van der Waals surface area contributed by atoms with Crippen molar-refractivity contribution >= 4 is 5.91 Å². The van der Waals surface area contributed by atoms with Crippen LogP contribution in [0.1, 0.15) is 41.7 Å². The zero-order chi connectivity index (χ0) is 17.2. The Morgan fingerprint density at radius 2 is 1.83 bits per heavy atom. The summed E-state index contributed by atoms with van der Waals surface area (Å²) >= 11 is 0. The molecule has 1 heterocycles. The Labute approximate surface area is 137 Å². The molecule has 1 amide bonds. The Hall–Kier alpha value is -2.57. The van der Waals surface area contributed by atoms with Gasteiger partial charge in [-0.15, -0.1) is 0 Å². The third-order valence-corrected chi connectivity index (χ3v) is 4.55. The highest BCUT2D eigenvalue weighted by molar-refractivity contribution is 5.92. The third-order valence-electron chi connectivity index (χ3n) is 4.55. The molecule has 3 rings (SSSR count). The number of aromatic nitrogens is 2. The lowest BCUT2D eigenvalue weighted by molar-refractivity contribution is 0.0936. The zero-order valence-corrected chi connectivity index (χ0v) is 12.9. The van der Waals surface area contributed by atoms with E-state index < -0.39 is 28.5 Å². The first-order valence-corrected chi connectivity index (χ1v) is 7.80. The van der Waals surface area contributed by atoms with Crippen LogP contribution in [0.5, 0.6) is 0 Å². The number of H-pyrrole nitrogens is 1. The van der Waals surface area contributed by atoms with Gasteiger partial charge < -0.3 is 5.32 Å². The maximum Gasteiger partial charge on any atom is 0.271 e. The smallest absolute Gasteiger partial charge is 0.271 e. The van der Waals surface area contributed by atoms with E-state index in [9.17, 15) is 18.4 Å². The van der Waals surface area contributed by atoms with Crippen molar-refractivity contribution in [3.8, 4) is 0 Å². The first-order valence-electron chi connectivity index (χ1n) is 7.80. The molecule has 2 aromatic rings. The Morgan fingerprint density at radius 3 is 2.42 bits per heavy atom. The fourth-order valence-corrected chi connectivity index (χ4v) is 3.38. The maximum atomic E-state index is 14.2. The van der Waals surface area contributed by atoms with Crippen LogP contribution in [0, 0.1) is 11.6 Å². The first-order chi connectivity index (χ1) is 11.5. The number of carbonyl (C=O) groups excluding carboxylic acids is 1. The summed E-state index contributed by atoms with van der Waals surface area (Å²) in [6.07, 6.45) is 2.90. The molecular formula is C17H17F2N3O2. The minimum atomic E-state index is -0.757. The number of hydrogen-bond acceptors (Lipinski definition) is 3. The highest BCUT2D eigenvalue weighted by Gasteiger charge is 2.40. The summed E-state index contributed by atoms with van der Waals surface area (Å²) in [6.45, 7) is 0.116. The molecule has 126 valence electrons. The lowest BCUT2D eigenvalue weighted by atomic mass is 9.78. The fraction of sp³-hybridized carbons (Fsp3) is 0.353. The predicted molar refractivity (Wildman–Crippen MR) is 83.7 cm³/mol. The van der Waals surface area contributed by atoms with E-state index in [2.05, 4.69) is 15.5 Å². The second-order valence-corrected chi connectivity index (χ2v) is 6.07. The van der Waals surface area contributed by atoms with Crippen LogP contribution in [-0.2, 0) is 5.41 Å². The van der Waals surface area contributed by atoms with Gasteiger partial charge in [-0.25, -0.2) is 13.9 Å². The van der Waals surface area contributed by atoms with E-state index in [1.54, 1.807) is 0 Å². The van der Waals surface area contributed by atoms with Gasteiger partial charge in [-0.2, -0.15) is 5.10 Å². The van der Waals surface area contributed by atoms with E-state index in [1.165, 1.54) is 30.3 Å². The average molecular weight is 333 g/mol. The number of nitrogens with one attached hydrogen (secondary N) is 2. The number of aromatic amines is 1. The van der Waals surface area contributed by atoms with Crippen LogP contribution in [0.4, 0.5) is 8.78 Å². The van der Waals surface area contributed by atoms with Crippen molar-refractivity contribution in [2.24, 2.45) is 0 Å². The van der Waals surface area contributed by atoms with Gasteiger partial charge in [0, 0.05) is 23.6 Å². The van der Waals surface area contributed by atoms with Crippen LogP contribution in [-0.4, -0.2) is 22.6 Å². The molecule has 5 nitrogen and oxygen atoms in total. The van der Waals surface area contributed by atoms with Crippen molar-refractivity contribution in [3.63, 3.8) is 0 Å². The molecule has 1 aliphatic carbocycles. The average Bonchev–Trinajstić information content (AvgIpc) is 3.03. The topological polar surface area (TPSA) is 74.8 Å². The molecule has 0 unspecified atom stereocenters. The summed E-state index contributed by atoms with van der Waals surface area (Å²) in [6, 6.07) is 6.32. The molecule has 0 saturated heterocycles. The largest absolute Gasteiger partial charge is 0.350 e. The lowest BCUT2D eigenvalue weighted by Crippen LogP contribution is -2.40. The second kappa shape index (κ2) is 6.51. The predicted octanol–water partition coefficient (Wildman–Crippen LogP) is 2.29. The van der Waals surface area contributed by atoms with Crippen LogP contribution >= 0.6 is 0 Å². The van der Waals surface area contributed by atoms with Gasteiger partial charge in [0.15, 0.2) is 0 Å². The Balaban J connectivity index is 1.83. The number of halogens is 2. The fourth-order valence-electron chi connectivity index (χ4n) is 3.38. The van der Waals surface area contributed by atoms with Crippen LogP contribution in [0.25, 0.3) is 0 Å². The quantitative estimate of drug-likeness (QED) is 0.901. The number of rotatable bonds is 4. The van der Waals surface area contributed by atoms with Crippen LogP contribution < -0.4 is 10.9 Å². The molecule has 0 bridgehead atoms. The van der Waals surface area contributed by atoms with Gasteiger partial charge in [0.1, 0.15) is 17.3 Å². The number of amides is 1. The number of benzene rings is 1. The van der Waals surface area contributed by atoms with E-state index in [0.29, 0.717) is 12.8 Å². The summed E-state index contributed by atoms with van der Waals surface area (Å²) in [7, 11) is 0. The van der Waals surface area contributed by atoms with Crippen molar-refractivity contribution in [2.75, 3.05) is 6.54 Å². The van der Waals surface area contributed by atoms with Gasteiger partial charge in [0.05, 0.1) is 0 Å². The Bertz CT molecular complexity index is 773. The monoisotopic (exact) mass is 333 g/mol. The van der Waals surface area contributed by atoms with Crippen molar-refractivity contribution in [3.05, 3.63) is 63.6 Å². The minimum absolute atomic E-state index is 0.0391. The van der Waals surface area contributed by atoms with Crippen molar-refractivity contribution in [1.29, 1.82) is 0 Å². The summed E-state index contributed by atoms with van der Waals surface area (Å²) in [5.41, 5.74) is -1.07. The zero-order valence-electron chi connectivity index (χ0n) is 12.9. The van der Waals surface area contributed by atoms with E-state index in [4.69, 9.17) is 0 Å². The van der Waals surface area contributed by atoms with Crippen LogP contribution in [0.15, 0.2) is 35.1 Å². The van der Waals surface area contributed by atoms with Gasteiger partial charge in [0.2, 0.25) is 0 Å². The summed E-state index contributed by atoms with van der Waals surface area (Å²) in [5, 5.41) is 8.54. The molecule has 1 saturated carbocycles. The first kappa shape index (κ1) is 16.3. The molecule has 1 fully saturated rings. The summed E-state index contributed by atoms with van der Waals surface area (Å²) in [4.78, 5) is 23.2. The molecule has 1 aliphatic rings. The van der Waals surface area contributed by atoms with E-state index in [0.717, 1.165) is 12.8 Å². The van der Waals surface area contributed by atoms with Crippen LogP contribution in [0.3, 0.4) is 0 Å². The van der Waals surface area contributed by atoms with Gasteiger partial charge in [-0.3, -0.25) is 9.59 Å². The molecule has 0 atom stereocenters. The van der Waals surface area contributed by atoms with E-state index in [-0.39, 0.29) is 17.8 Å². The number of nitrogens with zero attached hydrogens (tertiary/aromatic N) is 1. The Morgan fingerprint density at radius 1 is 1.17 bits per heavy atom. The van der Waals surface area contributed by atoms with Crippen LogP contribution in [0.2, 0.25) is 0 Å². The Kier molecular flexibility index (Phi) is 4.42. The van der Waals surface area contributed by atoms with Gasteiger partial charge >= 0.3 is 0 Å². The molecular weight excluding hydrogens is 316 g/mol. The highest BCUT2D eigenvalue weighted by Crippen LogP contribution is 2.42. The normalized spacial score (nSPS) is 16.1. The SMILES string of the molecule is O=C(NCC1(c2c(F)cccc2F)CCCC1)c1ccc(=O)[nH]n1. The number of hydrogen-bond donors (Lipinski definition) is 2. The molecule has 0 radical (unpaired) electrons. The highest BCUT2D eigenvalue weighted by atomic mass is 19.1. The molecule has 2 N–H and O–H groups in total. The van der Waals surface area contributed by atoms with Crippen molar-refractivity contribution in [1.82, 2.24) is 15.5 Å². The van der Waals surface area contributed by atoms with E-state index >= 15 is 0 Å². The molecule has 1 aromatic carbocycles. The molecule has 7 heteroatoms. The summed E-state index contributed by atoms with van der Waals surface area (Å²) < 4.78 is 28.5. The standard InChI is InChI=1S/C17H17F2N3O2/c18-11-4-3-5-12(19)15(11)17(8-1-2-9-17)10-20-16(24)13-6-7-14(23)22-21-13/h3-7H,1-2,8-10H2,(H,20,24)(H,22,23).